The van der Waals surface area contributed by atoms with E-state index in [4.69, 9.17) is 9.15 Å². The first-order valence-electron chi connectivity index (χ1n) is 8.58. The molecule has 0 aliphatic carbocycles. The van der Waals surface area contributed by atoms with Crippen LogP contribution in [0.5, 0.6) is 0 Å². The van der Waals surface area contributed by atoms with Crippen molar-refractivity contribution in [3.8, 4) is 0 Å². The van der Waals surface area contributed by atoms with Crippen molar-refractivity contribution in [1.29, 1.82) is 0 Å². The minimum Gasteiger partial charge on any atom is -0.457 e. The van der Waals surface area contributed by atoms with E-state index in [9.17, 15) is 13.8 Å². The third kappa shape index (κ3) is 3.34. The molecule has 0 aliphatic heterocycles. The summed E-state index contributed by atoms with van der Waals surface area (Å²) < 4.78 is 22.6. The topological polar surface area (TPSA) is 73.6 Å². The number of esters is 1. The lowest BCUT2D eigenvalue weighted by atomic mass is 10.0. The Bertz CT molecular complexity index is 1290. The van der Waals surface area contributed by atoms with Crippen LogP contribution in [0.15, 0.2) is 80.8 Å². The molecule has 0 bridgehead atoms. The Morgan fingerprint density at radius 3 is 2.61 bits per heavy atom. The summed E-state index contributed by atoms with van der Waals surface area (Å²) in [5, 5.41) is 2.63. The lowest BCUT2D eigenvalue weighted by molar-refractivity contribution is 0.0469. The summed E-state index contributed by atoms with van der Waals surface area (Å²) in [6.07, 6.45) is 1.51. The van der Waals surface area contributed by atoms with Crippen LogP contribution < -0.4 is 5.63 Å². The van der Waals surface area contributed by atoms with Crippen molar-refractivity contribution in [2.24, 2.45) is 0 Å². The fourth-order valence-corrected chi connectivity index (χ4v) is 3.97. The number of fused-ring (bicyclic) bond motifs is 3. The van der Waals surface area contributed by atoms with Gasteiger partial charge in [-0.2, -0.15) is 0 Å². The maximum Gasteiger partial charge on any atom is 0.339 e. The Labute approximate surface area is 163 Å². The Kier molecular flexibility index (Phi) is 4.79. The third-order valence-electron chi connectivity index (χ3n) is 4.49. The summed E-state index contributed by atoms with van der Waals surface area (Å²) in [7, 11) is -1.32. The zero-order valence-electron chi connectivity index (χ0n) is 15.0. The van der Waals surface area contributed by atoms with E-state index < -0.39 is 22.4 Å². The molecule has 0 radical (unpaired) electrons. The van der Waals surface area contributed by atoms with Gasteiger partial charge in [-0.15, -0.1) is 0 Å². The standard InChI is InChI=1S/C22H16O5S/c1-28(25)19-9-5-4-8-17(19)22(24)26-13-15-12-20(23)27-18-11-10-14-6-2-3-7-16(14)21(15)18/h2-12H,13H2,1H3/t28-/m1/s1. The number of hydrogen-bond donors (Lipinski definition) is 0. The second-order valence-electron chi connectivity index (χ2n) is 6.28. The zero-order valence-corrected chi connectivity index (χ0v) is 15.8. The minimum absolute atomic E-state index is 0.0976. The summed E-state index contributed by atoms with van der Waals surface area (Å²) >= 11 is 0. The van der Waals surface area contributed by atoms with Crippen molar-refractivity contribution in [2.45, 2.75) is 11.5 Å². The maximum atomic E-state index is 12.6. The molecular formula is C22H16O5S. The van der Waals surface area contributed by atoms with Gasteiger partial charge in [0, 0.05) is 23.3 Å². The molecule has 0 aliphatic rings. The molecule has 1 aromatic heterocycles. The molecule has 5 nitrogen and oxygen atoms in total. The van der Waals surface area contributed by atoms with E-state index in [1.54, 1.807) is 30.3 Å². The van der Waals surface area contributed by atoms with Crippen LogP contribution in [0.3, 0.4) is 0 Å². The van der Waals surface area contributed by atoms with Crippen LogP contribution in [0.4, 0.5) is 0 Å². The first kappa shape index (κ1) is 18.1. The summed E-state index contributed by atoms with van der Waals surface area (Å²) in [4.78, 5) is 24.9. The van der Waals surface area contributed by atoms with Crippen LogP contribution in [0.1, 0.15) is 15.9 Å². The highest BCUT2D eigenvalue weighted by molar-refractivity contribution is 7.84. The third-order valence-corrected chi connectivity index (χ3v) is 5.47. The maximum absolute atomic E-state index is 12.6. The lowest BCUT2D eigenvalue weighted by Crippen LogP contribution is -2.10. The Morgan fingerprint density at radius 1 is 1.04 bits per heavy atom. The smallest absolute Gasteiger partial charge is 0.339 e. The van der Waals surface area contributed by atoms with Crippen molar-refractivity contribution in [3.63, 3.8) is 0 Å². The van der Waals surface area contributed by atoms with Crippen LogP contribution in [-0.4, -0.2) is 16.4 Å². The molecule has 4 rings (SSSR count). The van der Waals surface area contributed by atoms with Gasteiger partial charge in [0.05, 0.1) is 21.3 Å². The van der Waals surface area contributed by atoms with Gasteiger partial charge in [-0.05, 0) is 29.0 Å². The van der Waals surface area contributed by atoms with Crippen molar-refractivity contribution < 1.29 is 18.2 Å². The number of carbonyl (C=O) groups excluding carboxylic acids is 1. The molecule has 4 aromatic rings. The molecule has 140 valence electrons. The molecule has 0 unspecified atom stereocenters. The number of rotatable bonds is 4. The van der Waals surface area contributed by atoms with Gasteiger partial charge in [-0.3, -0.25) is 4.21 Å². The van der Waals surface area contributed by atoms with E-state index in [1.807, 2.05) is 30.3 Å². The van der Waals surface area contributed by atoms with E-state index in [-0.39, 0.29) is 12.2 Å². The quantitative estimate of drug-likeness (QED) is 0.298. The Balaban J connectivity index is 1.74. The van der Waals surface area contributed by atoms with Gasteiger partial charge in [0.2, 0.25) is 0 Å². The average molecular weight is 392 g/mol. The van der Waals surface area contributed by atoms with Gasteiger partial charge in [0.1, 0.15) is 12.2 Å². The van der Waals surface area contributed by atoms with Gasteiger partial charge in [-0.25, -0.2) is 9.59 Å². The van der Waals surface area contributed by atoms with Crippen LogP contribution in [0.2, 0.25) is 0 Å². The van der Waals surface area contributed by atoms with Gasteiger partial charge >= 0.3 is 11.6 Å². The normalized spacial score (nSPS) is 12.2. The van der Waals surface area contributed by atoms with Gasteiger partial charge < -0.3 is 9.15 Å². The molecule has 3 aromatic carbocycles. The molecule has 0 fully saturated rings. The lowest BCUT2D eigenvalue weighted by Gasteiger charge is -2.11. The summed E-state index contributed by atoms with van der Waals surface area (Å²) in [5.74, 6) is -0.590. The summed E-state index contributed by atoms with van der Waals surface area (Å²) in [5.41, 5.74) is 0.739. The second-order valence-corrected chi connectivity index (χ2v) is 7.62. The molecule has 0 saturated heterocycles. The van der Waals surface area contributed by atoms with E-state index in [0.29, 0.717) is 16.0 Å². The van der Waals surface area contributed by atoms with Gasteiger partial charge in [-0.1, -0.05) is 42.5 Å². The highest BCUT2D eigenvalue weighted by Crippen LogP contribution is 2.28. The van der Waals surface area contributed by atoms with Gasteiger partial charge in [0.15, 0.2) is 0 Å². The fourth-order valence-electron chi connectivity index (χ4n) is 3.24. The summed E-state index contributed by atoms with van der Waals surface area (Å²) in [6, 6.07) is 19.3. The second kappa shape index (κ2) is 7.40. The van der Waals surface area contributed by atoms with Crippen LogP contribution in [0, 0.1) is 0 Å². The van der Waals surface area contributed by atoms with Crippen molar-refractivity contribution in [1.82, 2.24) is 0 Å². The predicted molar refractivity (Wildman–Crippen MR) is 108 cm³/mol. The van der Waals surface area contributed by atoms with Crippen LogP contribution >= 0.6 is 0 Å². The Morgan fingerprint density at radius 2 is 1.79 bits per heavy atom. The first-order chi connectivity index (χ1) is 13.5. The van der Waals surface area contributed by atoms with Crippen LogP contribution in [-0.2, 0) is 22.1 Å². The molecule has 1 heterocycles. The number of ether oxygens (including phenoxy) is 1. The van der Waals surface area contributed by atoms with E-state index in [2.05, 4.69) is 0 Å². The Hall–Kier alpha value is -3.25. The van der Waals surface area contributed by atoms with E-state index in [1.165, 1.54) is 12.3 Å². The van der Waals surface area contributed by atoms with Crippen molar-refractivity contribution in [2.75, 3.05) is 6.26 Å². The SMILES string of the molecule is C[S@@](=O)c1ccccc1C(=O)OCc1cc(=O)oc2ccc3ccccc3c12. The van der Waals surface area contributed by atoms with Crippen molar-refractivity contribution in [3.05, 3.63) is 88.3 Å². The average Bonchev–Trinajstić information content (AvgIpc) is 2.71. The zero-order chi connectivity index (χ0) is 19.7. The summed E-state index contributed by atoms with van der Waals surface area (Å²) in [6.45, 7) is -0.0976. The molecule has 0 spiro atoms. The van der Waals surface area contributed by atoms with E-state index in [0.717, 1.165) is 16.2 Å². The fraction of sp³-hybridized carbons (Fsp3) is 0.0909. The predicted octanol–water partition coefficient (Wildman–Crippen LogP) is 4.04. The van der Waals surface area contributed by atoms with Crippen molar-refractivity contribution >= 4 is 38.5 Å². The largest absolute Gasteiger partial charge is 0.457 e. The molecule has 6 heteroatoms. The highest BCUT2D eigenvalue weighted by atomic mass is 32.2. The molecule has 1 atom stereocenters. The number of carbonyl (C=O) groups is 1. The highest BCUT2D eigenvalue weighted by Gasteiger charge is 2.16. The number of hydrogen-bond acceptors (Lipinski definition) is 5. The molecule has 0 N–H and O–H groups in total. The van der Waals surface area contributed by atoms with E-state index >= 15 is 0 Å². The van der Waals surface area contributed by atoms with Gasteiger partial charge in [0.25, 0.3) is 0 Å². The first-order valence-corrected chi connectivity index (χ1v) is 10.1. The molecular weight excluding hydrogens is 376 g/mol. The molecule has 0 amide bonds. The number of benzene rings is 3. The molecule has 0 saturated carbocycles. The monoisotopic (exact) mass is 392 g/mol. The van der Waals surface area contributed by atoms with Crippen LogP contribution in [0.25, 0.3) is 21.7 Å². The molecule has 28 heavy (non-hydrogen) atoms. The minimum atomic E-state index is -1.32.